The van der Waals surface area contributed by atoms with Crippen molar-refractivity contribution in [1.82, 2.24) is 9.62 Å². The SMILES string of the molecule is Cc1cccc(CS(=O)(=O)NC2CC(N(CC(=O)O)CC3CC3)C2)c1. The van der Waals surface area contributed by atoms with Gasteiger partial charge in [-0.2, -0.15) is 0 Å². The average molecular weight is 366 g/mol. The van der Waals surface area contributed by atoms with Crippen LogP contribution in [0.3, 0.4) is 0 Å². The number of carboxylic acids is 1. The van der Waals surface area contributed by atoms with Crippen LogP contribution in [-0.2, 0) is 20.6 Å². The van der Waals surface area contributed by atoms with Crippen LogP contribution in [0.15, 0.2) is 24.3 Å². The van der Waals surface area contributed by atoms with Gasteiger partial charge in [0.05, 0.1) is 12.3 Å². The molecule has 0 bridgehead atoms. The van der Waals surface area contributed by atoms with E-state index in [0.717, 1.165) is 17.7 Å². The van der Waals surface area contributed by atoms with Crippen LogP contribution in [-0.4, -0.2) is 49.6 Å². The number of carbonyl (C=O) groups is 1. The molecule has 0 atom stereocenters. The fourth-order valence-electron chi connectivity index (χ4n) is 3.45. The van der Waals surface area contributed by atoms with Crippen molar-refractivity contribution in [3.05, 3.63) is 35.4 Å². The van der Waals surface area contributed by atoms with Gasteiger partial charge in [-0.05, 0) is 44.1 Å². The topological polar surface area (TPSA) is 86.7 Å². The number of carboxylic acid groups (broad SMARTS) is 1. The molecule has 0 spiro atoms. The molecule has 0 saturated heterocycles. The van der Waals surface area contributed by atoms with E-state index in [9.17, 15) is 13.2 Å². The lowest BCUT2D eigenvalue weighted by atomic mass is 9.86. The van der Waals surface area contributed by atoms with Gasteiger partial charge in [0.15, 0.2) is 0 Å². The molecule has 2 aliphatic rings. The fourth-order valence-corrected chi connectivity index (χ4v) is 4.85. The van der Waals surface area contributed by atoms with E-state index in [1.165, 1.54) is 12.8 Å². The van der Waals surface area contributed by atoms with Crippen molar-refractivity contribution < 1.29 is 18.3 Å². The third-order valence-electron chi connectivity index (χ3n) is 4.94. The molecule has 1 aromatic carbocycles. The summed E-state index contributed by atoms with van der Waals surface area (Å²) in [6.45, 7) is 2.81. The molecule has 0 heterocycles. The molecular formula is C18H26N2O4S. The van der Waals surface area contributed by atoms with Gasteiger partial charge in [-0.15, -0.1) is 0 Å². The average Bonchev–Trinajstić information content (AvgIpc) is 3.24. The number of sulfonamides is 1. The molecule has 3 rings (SSSR count). The second kappa shape index (κ2) is 7.43. The first kappa shape index (κ1) is 18.4. The maximum absolute atomic E-state index is 12.3. The van der Waals surface area contributed by atoms with Crippen LogP contribution in [0.1, 0.15) is 36.8 Å². The summed E-state index contributed by atoms with van der Waals surface area (Å²) in [7, 11) is -3.38. The highest BCUT2D eigenvalue weighted by molar-refractivity contribution is 7.88. The summed E-state index contributed by atoms with van der Waals surface area (Å²) < 4.78 is 27.4. The van der Waals surface area contributed by atoms with E-state index in [4.69, 9.17) is 5.11 Å². The normalized spacial score (nSPS) is 23.4. The number of aliphatic carboxylic acids is 1. The van der Waals surface area contributed by atoms with Crippen molar-refractivity contribution in [3.63, 3.8) is 0 Å². The molecule has 6 nitrogen and oxygen atoms in total. The minimum atomic E-state index is -3.38. The van der Waals surface area contributed by atoms with Gasteiger partial charge in [0.1, 0.15) is 0 Å². The minimum absolute atomic E-state index is 0.0171. The Balaban J connectivity index is 1.50. The van der Waals surface area contributed by atoms with Crippen molar-refractivity contribution >= 4 is 16.0 Å². The van der Waals surface area contributed by atoms with E-state index < -0.39 is 16.0 Å². The number of rotatable bonds is 9. The second-order valence-corrected chi connectivity index (χ2v) is 9.21. The smallest absolute Gasteiger partial charge is 0.317 e. The Kier molecular flexibility index (Phi) is 5.46. The predicted molar refractivity (Wildman–Crippen MR) is 95.7 cm³/mol. The molecule has 2 aliphatic carbocycles. The van der Waals surface area contributed by atoms with Gasteiger partial charge >= 0.3 is 5.97 Å². The lowest BCUT2D eigenvalue weighted by molar-refractivity contribution is -0.139. The number of nitrogens with zero attached hydrogens (tertiary/aromatic N) is 1. The summed E-state index contributed by atoms with van der Waals surface area (Å²) in [6, 6.07) is 7.59. The monoisotopic (exact) mass is 366 g/mol. The first-order chi connectivity index (χ1) is 11.8. The highest BCUT2D eigenvalue weighted by atomic mass is 32.2. The molecule has 7 heteroatoms. The third kappa shape index (κ3) is 5.52. The molecular weight excluding hydrogens is 340 g/mol. The van der Waals surface area contributed by atoms with Gasteiger partial charge in [0.25, 0.3) is 0 Å². The summed E-state index contributed by atoms with van der Waals surface area (Å²) >= 11 is 0. The van der Waals surface area contributed by atoms with Gasteiger partial charge < -0.3 is 5.11 Å². The quantitative estimate of drug-likeness (QED) is 0.695. The van der Waals surface area contributed by atoms with E-state index in [0.29, 0.717) is 18.8 Å². The van der Waals surface area contributed by atoms with Crippen LogP contribution in [0, 0.1) is 12.8 Å². The zero-order valence-electron chi connectivity index (χ0n) is 14.5. The number of nitrogens with one attached hydrogen (secondary N) is 1. The molecule has 2 saturated carbocycles. The molecule has 0 unspecified atom stereocenters. The Hall–Kier alpha value is -1.44. The first-order valence-electron chi connectivity index (χ1n) is 8.82. The minimum Gasteiger partial charge on any atom is -0.480 e. The molecule has 0 amide bonds. The molecule has 2 N–H and O–H groups in total. The Morgan fingerprint density at radius 3 is 2.64 bits per heavy atom. The van der Waals surface area contributed by atoms with Gasteiger partial charge in [-0.3, -0.25) is 9.69 Å². The lowest BCUT2D eigenvalue weighted by Crippen LogP contribution is -2.55. The second-order valence-electron chi connectivity index (χ2n) is 7.45. The van der Waals surface area contributed by atoms with Crippen LogP contribution < -0.4 is 4.72 Å². The molecule has 2 fully saturated rings. The van der Waals surface area contributed by atoms with Crippen molar-refractivity contribution in [2.45, 2.75) is 50.4 Å². The Bertz CT molecular complexity index is 724. The number of benzene rings is 1. The highest BCUT2D eigenvalue weighted by Gasteiger charge is 2.38. The van der Waals surface area contributed by atoms with Gasteiger partial charge in [-0.1, -0.05) is 29.8 Å². The molecule has 0 aliphatic heterocycles. The van der Waals surface area contributed by atoms with Crippen molar-refractivity contribution in [2.75, 3.05) is 13.1 Å². The van der Waals surface area contributed by atoms with E-state index in [1.807, 2.05) is 36.1 Å². The fraction of sp³-hybridized carbons (Fsp3) is 0.611. The Morgan fingerprint density at radius 2 is 2.04 bits per heavy atom. The van der Waals surface area contributed by atoms with E-state index in [-0.39, 0.29) is 24.4 Å². The van der Waals surface area contributed by atoms with Crippen LogP contribution >= 0.6 is 0 Å². The number of aryl methyl sites for hydroxylation is 1. The van der Waals surface area contributed by atoms with Crippen molar-refractivity contribution in [2.24, 2.45) is 5.92 Å². The number of hydrogen-bond acceptors (Lipinski definition) is 4. The maximum atomic E-state index is 12.3. The van der Waals surface area contributed by atoms with Crippen LogP contribution in [0.4, 0.5) is 0 Å². The van der Waals surface area contributed by atoms with Crippen LogP contribution in [0.5, 0.6) is 0 Å². The molecule has 1 aromatic rings. The third-order valence-corrected chi connectivity index (χ3v) is 6.35. The molecule has 0 radical (unpaired) electrons. The zero-order valence-corrected chi connectivity index (χ0v) is 15.3. The van der Waals surface area contributed by atoms with Gasteiger partial charge in [0, 0.05) is 18.6 Å². The summed E-state index contributed by atoms with van der Waals surface area (Å²) in [5.74, 6) is -0.211. The molecule has 138 valence electrons. The zero-order chi connectivity index (χ0) is 18.0. The summed E-state index contributed by atoms with van der Waals surface area (Å²) in [6.07, 6.45) is 3.73. The van der Waals surface area contributed by atoms with Crippen molar-refractivity contribution in [1.29, 1.82) is 0 Å². The number of hydrogen-bond donors (Lipinski definition) is 2. The summed E-state index contributed by atoms with van der Waals surface area (Å²) in [5, 5.41) is 9.07. The largest absolute Gasteiger partial charge is 0.480 e. The maximum Gasteiger partial charge on any atom is 0.317 e. The highest BCUT2D eigenvalue weighted by Crippen LogP contribution is 2.34. The van der Waals surface area contributed by atoms with E-state index in [2.05, 4.69) is 4.72 Å². The molecule has 25 heavy (non-hydrogen) atoms. The first-order valence-corrected chi connectivity index (χ1v) is 10.5. The van der Waals surface area contributed by atoms with Crippen LogP contribution in [0.2, 0.25) is 0 Å². The Labute approximate surface area is 149 Å². The van der Waals surface area contributed by atoms with Gasteiger partial charge in [-0.25, -0.2) is 13.1 Å². The van der Waals surface area contributed by atoms with Gasteiger partial charge in [0.2, 0.25) is 10.0 Å². The van der Waals surface area contributed by atoms with E-state index >= 15 is 0 Å². The van der Waals surface area contributed by atoms with E-state index in [1.54, 1.807) is 0 Å². The van der Waals surface area contributed by atoms with Crippen LogP contribution in [0.25, 0.3) is 0 Å². The Morgan fingerprint density at radius 1 is 1.32 bits per heavy atom. The summed E-state index contributed by atoms with van der Waals surface area (Å²) in [4.78, 5) is 13.0. The lowest BCUT2D eigenvalue weighted by Gasteiger charge is -2.42. The molecule has 0 aromatic heterocycles. The summed E-state index contributed by atoms with van der Waals surface area (Å²) in [5.41, 5.74) is 1.82. The predicted octanol–water partition coefficient (Wildman–Crippen LogP) is 1.74. The van der Waals surface area contributed by atoms with Crippen molar-refractivity contribution in [3.8, 4) is 0 Å². The standard InChI is InChI=1S/C18H26N2O4S/c1-13-3-2-4-15(7-13)12-25(23,24)19-16-8-17(9-16)20(11-18(21)22)10-14-5-6-14/h2-4,7,14,16-17,19H,5-6,8-12H2,1H3,(H,21,22).